The lowest BCUT2D eigenvalue weighted by Gasteiger charge is -2.09. The first-order valence-electron chi connectivity index (χ1n) is 4.94. The summed E-state index contributed by atoms with van der Waals surface area (Å²) in [4.78, 5) is 2.65. The molecule has 0 fully saturated rings. The molecule has 18 heavy (non-hydrogen) atoms. The fourth-order valence-corrected chi connectivity index (χ4v) is 1.73. The maximum absolute atomic E-state index is 12.7. The molecule has 0 spiro atoms. The number of halogens is 4. The van der Waals surface area contributed by atoms with Gasteiger partial charge in [0.05, 0.1) is 5.56 Å². The molecule has 1 heterocycles. The second kappa shape index (κ2) is 4.53. The molecular weight excluding hydrogens is 266 g/mol. The number of hydrogen-bond acceptors (Lipinski definition) is 1. The van der Waals surface area contributed by atoms with E-state index >= 15 is 0 Å². The van der Waals surface area contributed by atoms with Crippen LogP contribution in [0.5, 0.6) is 0 Å². The Morgan fingerprint density at radius 2 is 1.61 bits per heavy atom. The van der Waals surface area contributed by atoms with E-state index in [2.05, 4.69) is 4.98 Å². The zero-order chi connectivity index (χ0) is 13.3. The minimum absolute atomic E-state index is 0.0239. The SMILES string of the molecule is Fc1ccc(-c2cc(C(F)(F)F)cc(=S)[nH]2)cc1. The van der Waals surface area contributed by atoms with E-state index in [0.717, 1.165) is 12.1 Å². The summed E-state index contributed by atoms with van der Waals surface area (Å²) in [5, 5.41) is 0. The van der Waals surface area contributed by atoms with Crippen molar-refractivity contribution in [1.29, 1.82) is 0 Å². The standard InChI is InChI=1S/C12H7F4NS/c13-9-3-1-7(2-4-9)10-5-8(12(14,15)16)6-11(18)17-10/h1-6H,(H,17,18). The van der Waals surface area contributed by atoms with Crippen LogP contribution in [0.15, 0.2) is 36.4 Å². The van der Waals surface area contributed by atoms with Crippen molar-refractivity contribution in [3.05, 3.63) is 52.4 Å². The van der Waals surface area contributed by atoms with Gasteiger partial charge in [-0.25, -0.2) is 4.39 Å². The Kier molecular flexibility index (Phi) is 3.21. The molecule has 1 aromatic carbocycles. The molecule has 0 aliphatic carbocycles. The van der Waals surface area contributed by atoms with E-state index in [0.29, 0.717) is 5.56 Å². The van der Waals surface area contributed by atoms with Gasteiger partial charge in [0.15, 0.2) is 0 Å². The summed E-state index contributed by atoms with van der Waals surface area (Å²) in [6, 6.07) is 6.91. The van der Waals surface area contributed by atoms with Crippen molar-refractivity contribution in [2.45, 2.75) is 6.18 Å². The molecule has 0 aliphatic rings. The zero-order valence-corrected chi connectivity index (χ0v) is 9.70. The zero-order valence-electron chi connectivity index (χ0n) is 8.88. The Balaban J connectivity index is 2.55. The van der Waals surface area contributed by atoms with Crippen LogP contribution in [0.3, 0.4) is 0 Å². The highest BCUT2D eigenvalue weighted by Gasteiger charge is 2.31. The third-order valence-electron chi connectivity index (χ3n) is 2.33. The molecule has 1 N–H and O–H groups in total. The first-order valence-corrected chi connectivity index (χ1v) is 5.34. The van der Waals surface area contributed by atoms with E-state index < -0.39 is 17.6 Å². The van der Waals surface area contributed by atoms with Gasteiger partial charge < -0.3 is 4.98 Å². The minimum Gasteiger partial charge on any atom is -0.346 e. The van der Waals surface area contributed by atoms with Crippen LogP contribution in [0.1, 0.15) is 5.56 Å². The molecule has 6 heteroatoms. The number of rotatable bonds is 1. The smallest absolute Gasteiger partial charge is 0.346 e. The number of alkyl halides is 3. The lowest BCUT2D eigenvalue weighted by molar-refractivity contribution is -0.137. The van der Waals surface area contributed by atoms with E-state index in [1.165, 1.54) is 24.3 Å². The van der Waals surface area contributed by atoms with Gasteiger partial charge in [-0.1, -0.05) is 12.2 Å². The number of aromatic amines is 1. The molecule has 0 atom stereocenters. The monoisotopic (exact) mass is 273 g/mol. The number of hydrogen-bond donors (Lipinski definition) is 1. The van der Waals surface area contributed by atoms with Gasteiger partial charge in [-0.2, -0.15) is 13.2 Å². The molecule has 0 unspecified atom stereocenters. The predicted molar refractivity (Wildman–Crippen MR) is 62.0 cm³/mol. The Morgan fingerprint density at radius 1 is 1.00 bits per heavy atom. The number of H-pyrrole nitrogens is 1. The van der Waals surface area contributed by atoms with Gasteiger partial charge in [0.1, 0.15) is 10.5 Å². The Labute approximate surface area is 105 Å². The molecule has 1 nitrogen and oxygen atoms in total. The molecule has 0 amide bonds. The summed E-state index contributed by atoms with van der Waals surface area (Å²) in [7, 11) is 0. The van der Waals surface area contributed by atoms with Crippen LogP contribution in [-0.2, 0) is 6.18 Å². The molecule has 1 aromatic heterocycles. The second-order valence-electron chi connectivity index (χ2n) is 3.65. The maximum atomic E-state index is 12.7. The average molecular weight is 273 g/mol. The topological polar surface area (TPSA) is 15.8 Å². The van der Waals surface area contributed by atoms with Gasteiger partial charge in [-0.15, -0.1) is 0 Å². The van der Waals surface area contributed by atoms with E-state index in [9.17, 15) is 17.6 Å². The van der Waals surface area contributed by atoms with Crippen molar-refractivity contribution in [1.82, 2.24) is 4.98 Å². The van der Waals surface area contributed by atoms with Crippen molar-refractivity contribution in [2.75, 3.05) is 0 Å². The fourth-order valence-electron chi connectivity index (χ4n) is 1.49. The van der Waals surface area contributed by atoms with Crippen molar-refractivity contribution >= 4 is 12.2 Å². The van der Waals surface area contributed by atoms with Crippen molar-refractivity contribution in [2.24, 2.45) is 0 Å². The first kappa shape index (κ1) is 12.8. The largest absolute Gasteiger partial charge is 0.416 e. The van der Waals surface area contributed by atoms with Gasteiger partial charge in [-0.05, 0) is 42.0 Å². The van der Waals surface area contributed by atoms with Gasteiger partial charge >= 0.3 is 6.18 Å². The fraction of sp³-hybridized carbons (Fsp3) is 0.0833. The molecule has 0 bridgehead atoms. The van der Waals surface area contributed by atoms with Gasteiger partial charge in [-0.3, -0.25) is 0 Å². The minimum atomic E-state index is -4.46. The summed E-state index contributed by atoms with van der Waals surface area (Å²) in [5.41, 5.74) is -0.186. The van der Waals surface area contributed by atoms with Crippen molar-refractivity contribution < 1.29 is 17.6 Å². The van der Waals surface area contributed by atoms with Gasteiger partial charge in [0.2, 0.25) is 0 Å². The summed E-state index contributed by atoms with van der Waals surface area (Å²) in [6.07, 6.45) is -4.46. The van der Waals surface area contributed by atoms with Crippen LogP contribution < -0.4 is 0 Å². The van der Waals surface area contributed by atoms with Gasteiger partial charge in [0, 0.05) is 5.69 Å². The molecule has 94 valence electrons. The Bertz CT molecular complexity index is 613. The van der Waals surface area contributed by atoms with Crippen molar-refractivity contribution in [3.8, 4) is 11.3 Å². The second-order valence-corrected chi connectivity index (χ2v) is 4.09. The average Bonchev–Trinajstić information content (AvgIpc) is 2.28. The number of aromatic nitrogens is 1. The molecular formula is C12H7F4NS. The third kappa shape index (κ3) is 2.76. The van der Waals surface area contributed by atoms with Crippen LogP contribution in [0.2, 0.25) is 0 Å². The molecule has 2 aromatic rings. The van der Waals surface area contributed by atoms with Crippen LogP contribution in [0.4, 0.5) is 17.6 Å². The molecule has 2 rings (SSSR count). The Morgan fingerprint density at radius 3 is 2.17 bits per heavy atom. The van der Waals surface area contributed by atoms with E-state index in [4.69, 9.17) is 12.2 Å². The Hall–Kier alpha value is -1.69. The van der Waals surface area contributed by atoms with Crippen LogP contribution >= 0.6 is 12.2 Å². The lowest BCUT2D eigenvalue weighted by atomic mass is 10.1. The maximum Gasteiger partial charge on any atom is 0.416 e. The molecule has 0 radical (unpaired) electrons. The van der Waals surface area contributed by atoms with Crippen LogP contribution in [0.25, 0.3) is 11.3 Å². The summed E-state index contributed by atoms with van der Waals surface area (Å²) in [6.45, 7) is 0. The van der Waals surface area contributed by atoms with Crippen LogP contribution in [0, 0.1) is 10.5 Å². The normalized spacial score (nSPS) is 11.6. The lowest BCUT2D eigenvalue weighted by Crippen LogP contribution is -2.05. The molecule has 0 aliphatic heterocycles. The number of pyridine rings is 1. The van der Waals surface area contributed by atoms with E-state index in [1.807, 2.05) is 0 Å². The number of benzene rings is 1. The highest BCUT2D eigenvalue weighted by molar-refractivity contribution is 7.71. The summed E-state index contributed by atoms with van der Waals surface area (Å²) >= 11 is 4.75. The molecule has 0 saturated heterocycles. The summed E-state index contributed by atoms with van der Waals surface area (Å²) in [5.74, 6) is -0.454. The van der Waals surface area contributed by atoms with E-state index in [-0.39, 0.29) is 10.3 Å². The first-order chi connectivity index (χ1) is 8.36. The molecule has 0 saturated carbocycles. The predicted octanol–water partition coefficient (Wildman–Crippen LogP) is 4.57. The van der Waals surface area contributed by atoms with Crippen molar-refractivity contribution in [3.63, 3.8) is 0 Å². The van der Waals surface area contributed by atoms with E-state index in [1.54, 1.807) is 0 Å². The van der Waals surface area contributed by atoms with Gasteiger partial charge in [0.25, 0.3) is 0 Å². The summed E-state index contributed by atoms with van der Waals surface area (Å²) < 4.78 is 50.5. The highest BCUT2D eigenvalue weighted by atomic mass is 32.1. The number of nitrogens with one attached hydrogen (secondary N) is 1. The van der Waals surface area contributed by atoms with Crippen LogP contribution in [-0.4, -0.2) is 4.98 Å². The highest BCUT2D eigenvalue weighted by Crippen LogP contribution is 2.31. The quantitative estimate of drug-likeness (QED) is 0.594. The third-order valence-corrected chi connectivity index (χ3v) is 2.55.